The maximum Gasteiger partial charge on any atom is 0.251 e. The first-order valence-corrected chi connectivity index (χ1v) is 11.5. The van der Waals surface area contributed by atoms with Gasteiger partial charge in [-0.3, -0.25) is 4.79 Å². The third-order valence-electron chi connectivity index (χ3n) is 5.93. The second-order valence-electron chi connectivity index (χ2n) is 8.06. The number of nitrogens with zero attached hydrogens (tertiary/aromatic N) is 2. The van der Waals surface area contributed by atoms with Gasteiger partial charge in [-0.25, -0.2) is 4.98 Å². The predicted octanol–water partition coefficient (Wildman–Crippen LogP) is 5.10. The lowest BCUT2D eigenvalue weighted by molar-refractivity contribution is 0.0946. The molecule has 1 atom stereocenters. The number of ether oxygens (including phenoxy) is 1. The number of methoxy groups -OCH3 is 1. The van der Waals surface area contributed by atoms with E-state index in [1.54, 1.807) is 18.4 Å². The van der Waals surface area contributed by atoms with E-state index in [9.17, 15) is 4.79 Å². The summed E-state index contributed by atoms with van der Waals surface area (Å²) in [6.07, 6.45) is 2.24. The number of nitrogens with one attached hydrogen (secondary N) is 1. The molecule has 2 heterocycles. The third kappa shape index (κ3) is 4.21. The normalized spacial score (nSPS) is 16.5. The molecule has 0 saturated carbocycles. The number of anilines is 1. The number of hydrogen-bond donors (Lipinski definition) is 1. The van der Waals surface area contributed by atoms with Crippen LogP contribution in [0.2, 0.25) is 0 Å². The summed E-state index contributed by atoms with van der Waals surface area (Å²) in [6.45, 7) is 2.64. The van der Waals surface area contributed by atoms with Crippen molar-refractivity contribution in [3.8, 4) is 5.75 Å². The molecule has 5 rings (SSSR count). The summed E-state index contributed by atoms with van der Waals surface area (Å²) in [4.78, 5) is 19.9. The smallest absolute Gasteiger partial charge is 0.251 e. The summed E-state index contributed by atoms with van der Waals surface area (Å²) in [5.41, 5.74) is 1.75. The lowest BCUT2D eigenvalue weighted by atomic mass is 9.98. The van der Waals surface area contributed by atoms with Gasteiger partial charge in [0.1, 0.15) is 5.75 Å². The molecular weight excluding hydrogens is 406 g/mol. The Morgan fingerprint density at radius 1 is 1.16 bits per heavy atom. The number of carbonyl (C=O) groups excluding carboxylic acids is 1. The Kier molecular flexibility index (Phi) is 5.47. The quantitative estimate of drug-likeness (QED) is 0.477. The van der Waals surface area contributed by atoms with E-state index in [1.165, 1.54) is 4.70 Å². The molecule has 0 radical (unpaired) electrons. The fourth-order valence-electron chi connectivity index (χ4n) is 4.23. The minimum Gasteiger partial charge on any atom is -0.497 e. The molecule has 158 valence electrons. The van der Waals surface area contributed by atoms with Crippen LogP contribution in [-0.4, -0.2) is 37.6 Å². The average Bonchev–Trinajstić information content (AvgIpc) is 3.26. The molecule has 5 nitrogen and oxygen atoms in total. The molecule has 3 aromatic carbocycles. The van der Waals surface area contributed by atoms with Crippen LogP contribution in [-0.2, 0) is 0 Å². The Labute approximate surface area is 185 Å². The number of rotatable bonds is 5. The molecule has 0 spiro atoms. The zero-order valence-electron chi connectivity index (χ0n) is 17.5. The average molecular weight is 432 g/mol. The van der Waals surface area contributed by atoms with Crippen LogP contribution in [0.15, 0.2) is 60.7 Å². The molecule has 1 fully saturated rings. The Hall–Kier alpha value is -3.12. The van der Waals surface area contributed by atoms with Gasteiger partial charge in [0.15, 0.2) is 5.13 Å². The summed E-state index contributed by atoms with van der Waals surface area (Å²) in [6, 6.07) is 20.0. The molecule has 0 aliphatic carbocycles. The van der Waals surface area contributed by atoms with E-state index < -0.39 is 0 Å². The van der Waals surface area contributed by atoms with E-state index in [2.05, 4.69) is 28.4 Å². The SMILES string of the molecule is COc1ccc2cc(C(=O)NCC3CCCN(c4nc5ccccc5s4)C3)ccc2c1. The Bertz CT molecular complexity index is 1200. The maximum atomic E-state index is 12.8. The number of amides is 1. The van der Waals surface area contributed by atoms with Gasteiger partial charge in [0.2, 0.25) is 0 Å². The number of aromatic nitrogens is 1. The van der Waals surface area contributed by atoms with E-state index in [4.69, 9.17) is 9.72 Å². The molecule has 1 N–H and O–H groups in total. The Balaban J connectivity index is 1.23. The largest absolute Gasteiger partial charge is 0.497 e. The monoisotopic (exact) mass is 431 g/mol. The number of fused-ring (bicyclic) bond motifs is 2. The fraction of sp³-hybridized carbons (Fsp3) is 0.280. The lowest BCUT2D eigenvalue weighted by Gasteiger charge is -2.32. The summed E-state index contributed by atoms with van der Waals surface area (Å²) in [5.74, 6) is 1.23. The van der Waals surface area contributed by atoms with Gasteiger partial charge in [-0.1, -0.05) is 35.6 Å². The van der Waals surface area contributed by atoms with E-state index in [0.29, 0.717) is 18.0 Å². The fourth-order valence-corrected chi connectivity index (χ4v) is 5.23. The van der Waals surface area contributed by atoms with Crippen LogP contribution in [0.1, 0.15) is 23.2 Å². The minimum atomic E-state index is -0.0187. The molecule has 6 heteroatoms. The second kappa shape index (κ2) is 8.55. The van der Waals surface area contributed by atoms with Crippen molar-refractivity contribution in [2.24, 2.45) is 5.92 Å². The van der Waals surface area contributed by atoms with Crippen molar-refractivity contribution in [2.75, 3.05) is 31.6 Å². The van der Waals surface area contributed by atoms with Crippen LogP contribution < -0.4 is 15.0 Å². The predicted molar refractivity (Wildman–Crippen MR) is 127 cm³/mol. The van der Waals surface area contributed by atoms with Crippen LogP contribution in [0.25, 0.3) is 21.0 Å². The molecule has 1 aliphatic heterocycles. The minimum absolute atomic E-state index is 0.0187. The number of para-hydroxylation sites is 1. The van der Waals surface area contributed by atoms with Crippen molar-refractivity contribution in [3.63, 3.8) is 0 Å². The summed E-state index contributed by atoms with van der Waals surface area (Å²) in [7, 11) is 1.66. The van der Waals surface area contributed by atoms with Gasteiger partial charge in [0.05, 0.1) is 17.3 Å². The summed E-state index contributed by atoms with van der Waals surface area (Å²) in [5, 5.41) is 6.33. The molecule has 1 saturated heterocycles. The molecule has 1 unspecified atom stereocenters. The van der Waals surface area contributed by atoms with Crippen molar-refractivity contribution in [3.05, 3.63) is 66.2 Å². The molecule has 1 aliphatic rings. The third-order valence-corrected chi connectivity index (χ3v) is 7.03. The van der Waals surface area contributed by atoms with Gasteiger partial charge < -0.3 is 15.0 Å². The van der Waals surface area contributed by atoms with Crippen molar-refractivity contribution in [1.29, 1.82) is 0 Å². The molecule has 4 aromatic rings. The number of benzene rings is 3. The van der Waals surface area contributed by atoms with Gasteiger partial charge in [-0.05, 0) is 65.9 Å². The first-order chi connectivity index (χ1) is 15.2. The van der Waals surface area contributed by atoms with Crippen LogP contribution in [0, 0.1) is 5.92 Å². The van der Waals surface area contributed by atoms with E-state index in [1.807, 2.05) is 42.5 Å². The van der Waals surface area contributed by atoms with Crippen LogP contribution in [0.5, 0.6) is 5.75 Å². The molecule has 0 bridgehead atoms. The van der Waals surface area contributed by atoms with E-state index in [-0.39, 0.29) is 5.91 Å². The van der Waals surface area contributed by atoms with Gasteiger partial charge in [-0.15, -0.1) is 0 Å². The number of carbonyl (C=O) groups is 1. The lowest BCUT2D eigenvalue weighted by Crippen LogP contribution is -2.41. The zero-order chi connectivity index (χ0) is 21.2. The molecular formula is C25H25N3O2S. The van der Waals surface area contributed by atoms with Crippen molar-refractivity contribution >= 4 is 43.4 Å². The standard InChI is InChI=1S/C25H25N3O2S/c1-30-21-11-10-18-13-20(9-8-19(18)14-21)24(29)26-15-17-5-4-12-28(16-17)25-27-22-6-2-3-7-23(22)31-25/h2-3,6-11,13-14,17H,4-5,12,15-16H2,1H3,(H,26,29). The molecule has 1 aromatic heterocycles. The summed E-state index contributed by atoms with van der Waals surface area (Å²) >= 11 is 1.75. The first-order valence-electron chi connectivity index (χ1n) is 10.7. The van der Waals surface area contributed by atoms with E-state index in [0.717, 1.165) is 53.1 Å². The highest BCUT2D eigenvalue weighted by Gasteiger charge is 2.23. The highest BCUT2D eigenvalue weighted by Crippen LogP contribution is 2.31. The second-order valence-corrected chi connectivity index (χ2v) is 9.07. The number of hydrogen-bond acceptors (Lipinski definition) is 5. The first kappa shape index (κ1) is 19.8. The highest BCUT2D eigenvalue weighted by molar-refractivity contribution is 7.22. The molecule has 1 amide bonds. The zero-order valence-corrected chi connectivity index (χ0v) is 18.3. The topological polar surface area (TPSA) is 54.5 Å². The van der Waals surface area contributed by atoms with Gasteiger partial charge >= 0.3 is 0 Å². The maximum absolute atomic E-state index is 12.8. The van der Waals surface area contributed by atoms with Crippen LogP contribution in [0.3, 0.4) is 0 Å². The summed E-state index contributed by atoms with van der Waals surface area (Å²) < 4.78 is 6.50. The highest BCUT2D eigenvalue weighted by atomic mass is 32.1. The van der Waals surface area contributed by atoms with E-state index >= 15 is 0 Å². The van der Waals surface area contributed by atoms with Gasteiger partial charge in [0.25, 0.3) is 5.91 Å². The Morgan fingerprint density at radius 2 is 2.00 bits per heavy atom. The molecule has 31 heavy (non-hydrogen) atoms. The van der Waals surface area contributed by atoms with Crippen LogP contribution >= 0.6 is 11.3 Å². The number of thiazole rings is 1. The van der Waals surface area contributed by atoms with Crippen molar-refractivity contribution < 1.29 is 9.53 Å². The number of piperidine rings is 1. The van der Waals surface area contributed by atoms with Crippen LogP contribution in [0.4, 0.5) is 5.13 Å². The van der Waals surface area contributed by atoms with Crippen molar-refractivity contribution in [2.45, 2.75) is 12.8 Å². The van der Waals surface area contributed by atoms with Crippen molar-refractivity contribution in [1.82, 2.24) is 10.3 Å². The van der Waals surface area contributed by atoms with Gasteiger partial charge in [0, 0.05) is 25.2 Å². The Morgan fingerprint density at radius 3 is 2.87 bits per heavy atom. The van der Waals surface area contributed by atoms with Gasteiger partial charge in [-0.2, -0.15) is 0 Å².